The van der Waals surface area contributed by atoms with E-state index >= 15 is 0 Å². The second kappa shape index (κ2) is 3.43. The Morgan fingerprint density at radius 1 is 1.27 bits per heavy atom. The third kappa shape index (κ3) is 1.93. The molecule has 0 N–H and O–H groups in total. The molecular formula is C9H5ClFNO2S. The molecule has 0 fully saturated rings. The van der Waals surface area contributed by atoms with E-state index in [9.17, 15) is 12.3 Å². The Morgan fingerprint density at radius 3 is 2.60 bits per heavy atom. The Balaban J connectivity index is 2.84. The number of hydrogen-bond acceptors (Lipinski definition) is 3. The van der Waals surface area contributed by atoms with Crippen LogP contribution in [0.25, 0.3) is 10.9 Å². The Hall–Kier alpha value is -1.20. The Kier molecular flexibility index (Phi) is 2.36. The van der Waals surface area contributed by atoms with Gasteiger partial charge in [-0.3, -0.25) is 0 Å². The van der Waals surface area contributed by atoms with Gasteiger partial charge in [0.05, 0.1) is 10.5 Å². The van der Waals surface area contributed by atoms with Crippen LogP contribution in [-0.2, 0) is 10.2 Å². The number of nitrogens with zero attached hydrogens (tertiary/aromatic N) is 1. The van der Waals surface area contributed by atoms with Crippen LogP contribution in [0.3, 0.4) is 0 Å². The van der Waals surface area contributed by atoms with Gasteiger partial charge in [0.1, 0.15) is 0 Å². The van der Waals surface area contributed by atoms with Gasteiger partial charge in [-0.25, -0.2) is 4.98 Å². The van der Waals surface area contributed by atoms with Gasteiger partial charge in [-0.05, 0) is 12.1 Å². The van der Waals surface area contributed by atoms with Gasteiger partial charge in [-0.15, -0.1) is 0 Å². The highest BCUT2D eigenvalue weighted by atomic mass is 35.5. The Bertz CT molecular complexity index is 627. The van der Waals surface area contributed by atoms with Crippen LogP contribution in [0.1, 0.15) is 0 Å². The highest BCUT2D eigenvalue weighted by Gasteiger charge is 2.19. The number of fused-ring (bicyclic) bond motifs is 1. The summed E-state index contributed by atoms with van der Waals surface area (Å²) >= 11 is 5.61. The minimum absolute atomic E-state index is 0.212. The van der Waals surface area contributed by atoms with Crippen molar-refractivity contribution in [3.63, 3.8) is 0 Å². The topological polar surface area (TPSA) is 47.0 Å². The van der Waals surface area contributed by atoms with E-state index in [-0.39, 0.29) is 5.02 Å². The lowest BCUT2D eigenvalue weighted by atomic mass is 10.2. The monoisotopic (exact) mass is 245 g/mol. The van der Waals surface area contributed by atoms with Crippen molar-refractivity contribution in [1.82, 2.24) is 4.98 Å². The molecule has 0 aliphatic rings. The molecule has 15 heavy (non-hydrogen) atoms. The van der Waals surface area contributed by atoms with Gasteiger partial charge in [0.2, 0.25) is 5.03 Å². The zero-order valence-corrected chi connectivity index (χ0v) is 8.89. The molecule has 0 saturated carbocycles. The average Bonchev–Trinajstić information content (AvgIpc) is 2.15. The Labute approximate surface area is 90.7 Å². The zero-order valence-electron chi connectivity index (χ0n) is 7.31. The third-order valence-electron chi connectivity index (χ3n) is 1.88. The van der Waals surface area contributed by atoms with E-state index in [1.807, 2.05) is 0 Å². The summed E-state index contributed by atoms with van der Waals surface area (Å²) < 4.78 is 34.1. The lowest BCUT2D eigenvalue weighted by Gasteiger charge is -2.01. The molecule has 78 valence electrons. The summed E-state index contributed by atoms with van der Waals surface area (Å²) in [6, 6.07) is 8.10. The molecule has 6 heteroatoms. The number of aromatic nitrogens is 1. The molecule has 0 amide bonds. The minimum atomic E-state index is -4.87. The number of para-hydroxylation sites is 1. The van der Waals surface area contributed by atoms with Crippen LogP contribution in [0, 0.1) is 0 Å². The predicted molar refractivity (Wildman–Crippen MR) is 55.0 cm³/mol. The molecule has 0 radical (unpaired) electrons. The lowest BCUT2D eigenvalue weighted by molar-refractivity contribution is 0.548. The fraction of sp³-hybridized carbons (Fsp3) is 0. The number of pyridine rings is 1. The quantitative estimate of drug-likeness (QED) is 0.726. The smallest absolute Gasteiger partial charge is 0.232 e. The number of rotatable bonds is 1. The summed E-state index contributed by atoms with van der Waals surface area (Å²) in [5.41, 5.74) is 0.387. The normalized spacial score (nSPS) is 11.9. The van der Waals surface area contributed by atoms with Crippen molar-refractivity contribution in [2.24, 2.45) is 0 Å². The van der Waals surface area contributed by atoms with E-state index in [2.05, 4.69) is 4.98 Å². The molecule has 0 atom stereocenters. The van der Waals surface area contributed by atoms with Crippen molar-refractivity contribution >= 4 is 32.7 Å². The molecule has 0 saturated heterocycles. The van der Waals surface area contributed by atoms with Crippen LogP contribution in [0.5, 0.6) is 0 Å². The Morgan fingerprint density at radius 2 is 1.93 bits per heavy atom. The van der Waals surface area contributed by atoms with E-state index in [1.54, 1.807) is 24.3 Å². The summed E-state index contributed by atoms with van der Waals surface area (Å²) in [5, 5.41) is -0.283. The van der Waals surface area contributed by atoms with Crippen LogP contribution >= 0.6 is 11.6 Å². The number of benzene rings is 1. The SMILES string of the molecule is O=S(=O)(F)c1nc2ccccc2cc1Cl. The van der Waals surface area contributed by atoms with Crippen LogP contribution in [-0.4, -0.2) is 13.4 Å². The fourth-order valence-corrected chi connectivity index (χ4v) is 2.18. The van der Waals surface area contributed by atoms with E-state index in [0.29, 0.717) is 10.9 Å². The van der Waals surface area contributed by atoms with Gasteiger partial charge >= 0.3 is 10.2 Å². The molecule has 1 aromatic heterocycles. The standard InChI is InChI=1S/C9H5ClFNO2S/c10-7-5-6-3-1-2-4-8(6)12-9(7)15(11,13)14/h1-5H. The lowest BCUT2D eigenvalue weighted by Crippen LogP contribution is -1.97. The van der Waals surface area contributed by atoms with Gasteiger partial charge in [0.15, 0.2) is 0 Å². The van der Waals surface area contributed by atoms with E-state index in [4.69, 9.17) is 11.6 Å². The third-order valence-corrected chi connectivity index (χ3v) is 3.05. The summed E-state index contributed by atoms with van der Waals surface area (Å²) in [7, 11) is -4.87. The molecule has 0 aliphatic heterocycles. The first-order valence-corrected chi connectivity index (χ1v) is 5.74. The molecule has 1 heterocycles. The predicted octanol–water partition coefficient (Wildman–Crippen LogP) is 2.55. The first-order valence-electron chi connectivity index (χ1n) is 3.98. The molecule has 2 rings (SSSR count). The van der Waals surface area contributed by atoms with E-state index in [1.165, 1.54) is 6.07 Å². The van der Waals surface area contributed by atoms with Crippen LogP contribution in [0.4, 0.5) is 3.89 Å². The zero-order chi connectivity index (χ0) is 11.1. The highest BCUT2D eigenvalue weighted by Crippen LogP contribution is 2.25. The van der Waals surface area contributed by atoms with Crippen molar-refractivity contribution in [1.29, 1.82) is 0 Å². The van der Waals surface area contributed by atoms with Crippen LogP contribution in [0.15, 0.2) is 35.4 Å². The van der Waals surface area contributed by atoms with Crippen LogP contribution < -0.4 is 0 Å². The van der Waals surface area contributed by atoms with Gasteiger partial charge in [-0.2, -0.15) is 8.42 Å². The van der Waals surface area contributed by atoms with Crippen molar-refractivity contribution in [3.8, 4) is 0 Å². The van der Waals surface area contributed by atoms with E-state index in [0.717, 1.165) is 0 Å². The summed E-state index contributed by atoms with van der Waals surface area (Å²) in [6.07, 6.45) is 0. The first kappa shape index (κ1) is 10.3. The molecule has 3 nitrogen and oxygen atoms in total. The molecule has 0 bridgehead atoms. The molecule has 0 unspecified atom stereocenters. The maximum atomic E-state index is 12.7. The summed E-state index contributed by atoms with van der Waals surface area (Å²) in [5.74, 6) is 0. The van der Waals surface area contributed by atoms with Crippen molar-refractivity contribution < 1.29 is 12.3 Å². The van der Waals surface area contributed by atoms with E-state index < -0.39 is 15.2 Å². The molecule has 2 aromatic rings. The molecular weight excluding hydrogens is 241 g/mol. The number of halogens is 2. The van der Waals surface area contributed by atoms with Crippen LogP contribution in [0.2, 0.25) is 5.02 Å². The van der Waals surface area contributed by atoms with Gasteiger partial charge in [0, 0.05) is 5.39 Å². The van der Waals surface area contributed by atoms with Gasteiger partial charge < -0.3 is 0 Å². The average molecular weight is 246 g/mol. The summed E-state index contributed by atoms with van der Waals surface area (Å²) in [6.45, 7) is 0. The molecule has 1 aromatic carbocycles. The fourth-order valence-electron chi connectivity index (χ4n) is 1.24. The second-order valence-corrected chi connectivity index (χ2v) is 4.58. The largest absolute Gasteiger partial charge is 0.351 e. The van der Waals surface area contributed by atoms with Crippen molar-refractivity contribution in [3.05, 3.63) is 35.4 Å². The maximum absolute atomic E-state index is 12.7. The maximum Gasteiger partial charge on any atom is 0.351 e. The van der Waals surface area contributed by atoms with Gasteiger partial charge in [-0.1, -0.05) is 33.7 Å². The summed E-state index contributed by atoms with van der Waals surface area (Å²) in [4.78, 5) is 3.65. The minimum Gasteiger partial charge on any atom is -0.232 e. The first-order chi connectivity index (χ1) is 6.98. The van der Waals surface area contributed by atoms with Gasteiger partial charge in [0.25, 0.3) is 0 Å². The molecule has 0 aliphatic carbocycles. The van der Waals surface area contributed by atoms with Crippen molar-refractivity contribution in [2.75, 3.05) is 0 Å². The number of hydrogen-bond donors (Lipinski definition) is 0. The highest BCUT2D eigenvalue weighted by molar-refractivity contribution is 7.86. The van der Waals surface area contributed by atoms with Crippen molar-refractivity contribution in [2.45, 2.75) is 5.03 Å². The molecule has 0 spiro atoms. The second-order valence-electron chi connectivity index (χ2n) is 2.91.